The molecule has 18 heavy (non-hydrogen) atoms. The van der Waals surface area contributed by atoms with Gasteiger partial charge in [-0.25, -0.2) is 4.98 Å². The lowest BCUT2D eigenvalue weighted by Gasteiger charge is -2.10. The highest BCUT2D eigenvalue weighted by Gasteiger charge is 2.08. The van der Waals surface area contributed by atoms with Gasteiger partial charge in [-0.3, -0.25) is 4.79 Å². The number of aromatic nitrogens is 2. The molecule has 1 heterocycles. The predicted octanol–water partition coefficient (Wildman–Crippen LogP) is 1.18. The van der Waals surface area contributed by atoms with Crippen molar-refractivity contribution in [3.63, 3.8) is 0 Å². The van der Waals surface area contributed by atoms with Crippen molar-refractivity contribution in [2.24, 2.45) is 0 Å². The number of nitrogens with two attached hydrogens (primary N) is 1. The number of rotatable bonds is 4. The van der Waals surface area contributed by atoms with Gasteiger partial charge in [0.25, 0.3) is 5.56 Å². The van der Waals surface area contributed by atoms with Crippen LogP contribution in [0.25, 0.3) is 0 Å². The maximum absolute atomic E-state index is 11.1. The normalized spacial score (nSPS) is 12.3. The highest BCUT2D eigenvalue weighted by molar-refractivity contribution is 7.99. The molecule has 0 spiro atoms. The molecule has 6 heteroatoms. The third kappa shape index (κ3) is 3.35. The summed E-state index contributed by atoms with van der Waals surface area (Å²) in [4.78, 5) is 17.6. The van der Waals surface area contributed by atoms with Crippen molar-refractivity contribution < 1.29 is 5.11 Å². The molecular formula is C12H13N3O2S. The van der Waals surface area contributed by atoms with Crippen molar-refractivity contribution in [3.05, 3.63) is 52.4 Å². The maximum atomic E-state index is 11.1. The van der Waals surface area contributed by atoms with E-state index in [0.29, 0.717) is 16.6 Å². The number of H-pyrrole nitrogens is 1. The average Bonchev–Trinajstić information content (AvgIpc) is 2.37. The largest absolute Gasteiger partial charge is 0.399 e. The van der Waals surface area contributed by atoms with Crippen molar-refractivity contribution in [1.82, 2.24) is 9.97 Å². The Morgan fingerprint density at radius 2 is 2.06 bits per heavy atom. The number of aliphatic hydroxyl groups excluding tert-OH is 1. The molecule has 0 radical (unpaired) electrons. The molecule has 2 aromatic rings. The predicted molar refractivity (Wildman–Crippen MR) is 71.4 cm³/mol. The molecular weight excluding hydrogens is 250 g/mol. The van der Waals surface area contributed by atoms with Gasteiger partial charge in [0.15, 0.2) is 5.16 Å². The van der Waals surface area contributed by atoms with Crippen LogP contribution in [0.5, 0.6) is 0 Å². The molecule has 2 rings (SSSR count). The van der Waals surface area contributed by atoms with Gasteiger partial charge in [0.05, 0.1) is 6.10 Å². The van der Waals surface area contributed by atoms with Crippen LogP contribution in [-0.4, -0.2) is 20.8 Å². The molecule has 0 amide bonds. The Hall–Kier alpha value is -1.79. The molecule has 0 aliphatic heterocycles. The molecule has 0 fully saturated rings. The van der Waals surface area contributed by atoms with Crippen LogP contribution in [0, 0.1) is 0 Å². The first-order valence-electron chi connectivity index (χ1n) is 5.37. The number of nitrogens with one attached hydrogen (secondary N) is 1. The van der Waals surface area contributed by atoms with Gasteiger partial charge in [0.2, 0.25) is 0 Å². The van der Waals surface area contributed by atoms with Crippen LogP contribution < -0.4 is 11.3 Å². The average molecular weight is 263 g/mol. The standard InChI is InChI=1S/C12H13N3O2S/c13-9-3-1-8(2-4-9)10(16)7-18-12-14-6-5-11(17)15-12/h1-6,10,16H,7,13H2,(H,14,15,17). The summed E-state index contributed by atoms with van der Waals surface area (Å²) in [6, 6.07) is 8.39. The SMILES string of the molecule is Nc1ccc(C(O)CSc2nccc(=O)[nH]2)cc1. The zero-order chi connectivity index (χ0) is 13.0. The van der Waals surface area contributed by atoms with Gasteiger partial charge >= 0.3 is 0 Å². The van der Waals surface area contributed by atoms with Crippen LogP contribution >= 0.6 is 11.8 Å². The number of hydrogen-bond acceptors (Lipinski definition) is 5. The van der Waals surface area contributed by atoms with Crippen molar-refractivity contribution in [2.75, 3.05) is 11.5 Å². The highest BCUT2D eigenvalue weighted by Crippen LogP contribution is 2.22. The van der Waals surface area contributed by atoms with E-state index < -0.39 is 6.10 Å². The molecule has 4 N–H and O–H groups in total. The Morgan fingerprint density at radius 3 is 2.72 bits per heavy atom. The fourth-order valence-electron chi connectivity index (χ4n) is 1.40. The second kappa shape index (κ2) is 5.70. The van der Waals surface area contributed by atoms with Gasteiger partial charge in [0, 0.05) is 23.7 Å². The smallest absolute Gasteiger partial charge is 0.251 e. The van der Waals surface area contributed by atoms with Crippen molar-refractivity contribution in [1.29, 1.82) is 0 Å². The summed E-state index contributed by atoms with van der Waals surface area (Å²) in [6.07, 6.45) is 0.817. The van der Waals surface area contributed by atoms with E-state index in [2.05, 4.69) is 9.97 Å². The van der Waals surface area contributed by atoms with Crippen LogP contribution in [0.15, 0.2) is 46.5 Å². The van der Waals surface area contributed by atoms with Crippen molar-refractivity contribution >= 4 is 17.4 Å². The molecule has 5 nitrogen and oxygen atoms in total. The number of nitrogens with zero attached hydrogens (tertiary/aromatic N) is 1. The third-order valence-corrected chi connectivity index (χ3v) is 3.31. The van der Waals surface area contributed by atoms with Gasteiger partial charge in [-0.15, -0.1) is 0 Å². The first kappa shape index (κ1) is 12.7. The van der Waals surface area contributed by atoms with E-state index in [-0.39, 0.29) is 5.56 Å². The molecule has 1 unspecified atom stereocenters. The zero-order valence-corrected chi connectivity index (χ0v) is 10.4. The van der Waals surface area contributed by atoms with E-state index in [9.17, 15) is 9.90 Å². The fraction of sp³-hybridized carbons (Fsp3) is 0.167. The van der Waals surface area contributed by atoms with E-state index in [4.69, 9.17) is 5.73 Å². The van der Waals surface area contributed by atoms with Gasteiger partial charge in [-0.2, -0.15) is 0 Å². The van der Waals surface area contributed by atoms with Crippen LogP contribution in [0.4, 0.5) is 5.69 Å². The van der Waals surface area contributed by atoms with Crippen LogP contribution in [0.2, 0.25) is 0 Å². The minimum Gasteiger partial charge on any atom is -0.399 e. The van der Waals surface area contributed by atoms with Gasteiger partial charge < -0.3 is 15.8 Å². The number of hydrogen-bond donors (Lipinski definition) is 3. The summed E-state index contributed by atoms with van der Waals surface area (Å²) in [5.41, 5.74) is 6.82. The van der Waals surface area contributed by atoms with Crippen LogP contribution in [0.3, 0.4) is 0 Å². The lowest BCUT2D eigenvalue weighted by Crippen LogP contribution is -2.07. The minimum absolute atomic E-state index is 0.200. The lowest BCUT2D eigenvalue weighted by atomic mass is 10.1. The Labute approximate surface area is 108 Å². The second-order valence-electron chi connectivity index (χ2n) is 3.73. The molecule has 0 bridgehead atoms. The monoisotopic (exact) mass is 263 g/mol. The Kier molecular flexibility index (Phi) is 4.01. The number of benzene rings is 1. The highest BCUT2D eigenvalue weighted by atomic mass is 32.2. The minimum atomic E-state index is -0.624. The van der Waals surface area contributed by atoms with E-state index >= 15 is 0 Å². The van der Waals surface area contributed by atoms with E-state index in [1.54, 1.807) is 24.3 Å². The number of nitrogen functional groups attached to an aromatic ring is 1. The first-order valence-corrected chi connectivity index (χ1v) is 6.35. The molecule has 0 saturated heterocycles. The summed E-state index contributed by atoms with van der Waals surface area (Å²) in [6.45, 7) is 0. The summed E-state index contributed by atoms with van der Waals surface area (Å²) in [5, 5.41) is 10.5. The van der Waals surface area contributed by atoms with Gasteiger partial charge in [-0.1, -0.05) is 23.9 Å². The fourth-order valence-corrected chi connectivity index (χ4v) is 2.21. The Bertz CT molecular complexity index is 568. The van der Waals surface area contributed by atoms with E-state index in [1.807, 2.05) is 0 Å². The van der Waals surface area contributed by atoms with E-state index in [1.165, 1.54) is 24.0 Å². The van der Waals surface area contributed by atoms with Gasteiger partial charge in [-0.05, 0) is 17.7 Å². The third-order valence-electron chi connectivity index (χ3n) is 2.35. The summed E-state index contributed by atoms with van der Waals surface area (Å²) >= 11 is 1.29. The van der Waals surface area contributed by atoms with E-state index in [0.717, 1.165) is 5.56 Å². The molecule has 94 valence electrons. The molecule has 0 aliphatic rings. The van der Waals surface area contributed by atoms with Gasteiger partial charge in [0.1, 0.15) is 0 Å². The topological polar surface area (TPSA) is 92.0 Å². The zero-order valence-electron chi connectivity index (χ0n) is 9.54. The maximum Gasteiger partial charge on any atom is 0.251 e. The number of anilines is 1. The molecule has 0 saturated carbocycles. The lowest BCUT2D eigenvalue weighted by molar-refractivity contribution is 0.204. The quantitative estimate of drug-likeness (QED) is 0.437. The molecule has 0 aliphatic carbocycles. The number of aromatic amines is 1. The number of thioether (sulfide) groups is 1. The van der Waals surface area contributed by atoms with Crippen LogP contribution in [0.1, 0.15) is 11.7 Å². The summed E-state index contributed by atoms with van der Waals surface area (Å²) < 4.78 is 0. The van der Waals surface area contributed by atoms with Crippen LogP contribution in [-0.2, 0) is 0 Å². The molecule has 1 aromatic carbocycles. The summed E-state index contributed by atoms with van der Waals surface area (Å²) in [7, 11) is 0. The number of aliphatic hydroxyl groups is 1. The molecule has 1 atom stereocenters. The Balaban J connectivity index is 1.98. The Morgan fingerprint density at radius 1 is 1.33 bits per heavy atom. The second-order valence-corrected chi connectivity index (χ2v) is 4.74. The van der Waals surface area contributed by atoms with Crippen molar-refractivity contribution in [2.45, 2.75) is 11.3 Å². The summed E-state index contributed by atoms with van der Waals surface area (Å²) in [5.74, 6) is 0.414. The first-order chi connectivity index (χ1) is 8.65. The van der Waals surface area contributed by atoms with Crippen molar-refractivity contribution in [3.8, 4) is 0 Å². The molecule has 1 aromatic heterocycles.